The predicted octanol–water partition coefficient (Wildman–Crippen LogP) is 1.81. The molecule has 0 saturated heterocycles. The van der Waals surface area contributed by atoms with Gasteiger partial charge in [-0.05, 0) is 48.6 Å². The largest absolute Gasteiger partial charge is 0.396 e. The van der Waals surface area contributed by atoms with E-state index in [0.717, 1.165) is 43.6 Å². The smallest absolute Gasteiger partial charge is 0.247 e. The average molecular weight is 345 g/mol. The highest BCUT2D eigenvalue weighted by Gasteiger charge is 2.31. The topological polar surface area (TPSA) is 92.4 Å². The van der Waals surface area contributed by atoms with Crippen LogP contribution in [0.15, 0.2) is 28.3 Å². The number of aliphatic hydroxyl groups excluding tert-OH is 1. The molecule has 0 spiro atoms. The minimum atomic E-state index is -3.72. The molecule has 0 aromatic carbocycles. The second-order valence-electron chi connectivity index (χ2n) is 5.81. The minimum absolute atomic E-state index is 0.0470. The predicted molar refractivity (Wildman–Crippen MR) is 89.5 cm³/mol. The van der Waals surface area contributed by atoms with Crippen molar-refractivity contribution in [3.05, 3.63) is 29.7 Å². The molecule has 1 aromatic rings. The Bertz CT molecular complexity index is 590. The Morgan fingerprint density at radius 2 is 2.14 bits per heavy atom. The molecule has 1 aliphatic carbocycles. The maximum atomic E-state index is 11.7. The first-order chi connectivity index (χ1) is 10.5. The van der Waals surface area contributed by atoms with E-state index in [4.69, 9.17) is 5.14 Å². The Morgan fingerprint density at radius 1 is 1.45 bits per heavy atom. The summed E-state index contributed by atoms with van der Waals surface area (Å²) in [5.74, 6) is 0.141. The number of sulfonamides is 1. The summed E-state index contributed by atoms with van der Waals surface area (Å²) < 4.78 is 23.5. The van der Waals surface area contributed by atoms with Gasteiger partial charge in [0.05, 0.1) is 6.61 Å². The second-order valence-corrected chi connectivity index (χ2v) is 8.48. The van der Waals surface area contributed by atoms with Crippen LogP contribution in [0.4, 0.5) is 0 Å². The molecule has 7 heteroatoms. The molecule has 0 aliphatic heterocycles. The lowest BCUT2D eigenvalue weighted by Crippen LogP contribution is -2.35. The zero-order valence-electron chi connectivity index (χ0n) is 12.6. The van der Waals surface area contributed by atoms with Crippen molar-refractivity contribution in [1.29, 1.82) is 0 Å². The van der Waals surface area contributed by atoms with E-state index in [1.807, 2.05) is 6.08 Å². The van der Waals surface area contributed by atoms with E-state index in [1.165, 1.54) is 0 Å². The van der Waals surface area contributed by atoms with Crippen molar-refractivity contribution in [1.82, 2.24) is 5.32 Å². The summed E-state index contributed by atoms with van der Waals surface area (Å²) in [4.78, 5) is 0. The molecule has 4 N–H and O–H groups in total. The number of thiophene rings is 1. The minimum Gasteiger partial charge on any atom is -0.396 e. The zero-order chi connectivity index (χ0) is 16.2. The fraction of sp³-hybridized carbons (Fsp3) is 0.600. The normalized spacial score (nSPS) is 24.1. The van der Waals surface area contributed by atoms with E-state index in [0.29, 0.717) is 17.5 Å². The summed E-state index contributed by atoms with van der Waals surface area (Å²) in [6, 6.07) is 2.27. The van der Waals surface area contributed by atoms with Crippen LogP contribution >= 0.6 is 11.3 Å². The number of nitrogens with one attached hydrogen (secondary N) is 1. The summed E-state index contributed by atoms with van der Waals surface area (Å²) in [6.07, 6.45) is 5.86. The average Bonchev–Trinajstić information content (AvgIpc) is 2.97. The standard InChI is InChI=1S/C15H24N2O3S2/c1-2-8-17-12-5-3-11(4-6-12)14(10-18)13-7-9-21-15(13)22(16,19)20/h2,7,9,11-12,14,17-18H,1,3-6,8,10H2,(H2,16,19,20)/t11?,12?,14-/m0/s1. The van der Waals surface area contributed by atoms with Gasteiger partial charge in [-0.15, -0.1) is 17.9 Å². The van der Waals surface area contributed by atoms with Crippen molar-refractivity contribution in [2.24, 2.45) is 11.1 Å². The highest BCUT2D eigenvalue weighted by molar-refractivity contribution is 7.91. The number of nitrogens with two attached hydrogens (primary N) is 1. The van der Waals surface area contributed by atoms with Gasteiger partial charge in [-0.25, -0.2) is 13.6 Å². The van der Waals surface area contributed by atoms with E-state index in [2.05, 4.69) is 11.9 Å². The van der Waals surface area contributed by atoms with Gasteiger partial charge in [0.2, 0.25) is 10.0 Å². The second kappa shape index (κ2) is 7.70. The molecule has 1 saturated carbocycles. The van der Waals surface area contributed by atoms with Crippen LogP contribution in [-0.4, -0.2) is 32.7 Å². The van der Waals surface area contributed by atoms with Crippen LogP contribution in [-0.2, 0) is 10.0 Å². The molecule has 1 aromatic heterocycles. The number of primary sulfonamides is 1. The Hall–Kier alpha value is -0.730. The molecule has 0 bridgehead atoms. The van der Waals surface area contributed by atoms with E-state index in [-0.39, 0.29) is 16.7 Å². The summed E-state index contributed by atoms with van der Waals surface area (Å²) in [5.41, 5.74) is 0.678. The van der Waals surface area contributed by atoms with Gasteiger partial charge in [-0.3, -0.25) is 0 Å². The Balaban J connectivity index is 2.08. The Kier molecular flexibility index (Phi) is 6.17. The number of hydrogen-bond acceptors (Lipinski definition) is 5. The molecule has 1 aliphatic rings. The van der Waals surface area contributed by atoms with Crippen molar-refractivity contribution in [3.63, 3.8) is 0 Å². The fourth-order valence-electron chi connectivity index (χ4n) is 3.29. The molecule has 22 heavy (non-hydrogen) atoms. The van der Waals surface area contributed by atoms with Gasteiger partial charge >= 0.3 is 0 Å². The molecule has 124 valence electrons. The van der Waals surface area contributed by atoms with Gasteiger partial charge in [0.15, 0.2) is 0 Å². The first-order valence-electron chi connectivity index (χ1n) is 7.52. The number of aliphatic hydroxyl groups is 1. The summed E-state index contributed by atoms with van der Waals surface area (Å²) in [5, 5.41) is 20.2. The Morgan fingerprint density at radius 3 is 2.68 bits per heavy atom. The molecular weight excluding hydrogens is 320 g/mol. The molecule has 0 unspecified atom stereocenters. The molecular formula is C15H24N2O3S2. The third-order valence-electron chi connectivity index (χ3n) is 4.40. The first kappa shape index (κ1) is 17.6. The van der Waals surface area contributed by atoms with E-state index in [9.17, 15) is 13.5 Å². The SMILES string of the molecule is C=CCNC1CCC([C@H](CO)c2ccsc2S(N)(=O)=O)CC1. The maximum Gasteiger partial charge on any atom is 0.247 e. The zero-order valence-corrected chi connectivity index (χ0v) is 14.2. The first-order valence-corrected chi connectivity index (χ1v) is 9.95. The van der Waals surface area contributed by atoms with E-state index in [1.54, 1.807) is 11.4 Å². The lowest BCUT2D eigenvalue weighted by atomic mass is 9.76. The van der Waals surface area contributed by atoms with Crippen molar-refractivity contribution in [3.8, 4) is 0 Å². The molecule has 1 atom stereocenters. The van der Waals surface area contributed by atoms with E-state index >= 15 is 0 Å². The van der Waals surface area contributed by atoms with Gasteiger partial charge in [-0.1, -0.05) is 6.08 Å². The molecule has 1 heterocycles. The van der Waals surface area contributed by atoms with Gasteiger partial charge in [0, 0.05) is 18.5 Å². The van der Waals surface area contributed by atoms with Gasteiger partial charge in [-0.2, -0.15) is 0 Å². The van der Waals surface area contributed by atoms with Crippen LogP contribution in [0.25, 0.3) is 0 Å². The summed E-state index contributed by atoms with van der Waals surface area (Å²) in [6.45, 7) is 4.46. The van der Waals surface area contributed by atoms with Crippen molar-refractivity contribution in [2.45, 2.75) is 41.9 Å². The van der Waals surface area contributed by atoms with Gasteiger partial charge in [0.25, 0.3) is 0 Å². The highest BCUT2D eigenvalue weighted by Crippen LogP contribution is 2.39. The molecule has 2 rings (SSSR count). The Labute approximate surface area is 136 Å². The van der Waals surface area contributed by atoms with Crippen molar-refractivity contribution < 1.29 is 13.5 Å². The summed E-state index contributed by atoms with van der Waals surface area (Å²) >= 11 is 1.13. The van der Waals surface area contributed by atoms with Crippen molar-refractivity contribution >= 4 is 21.4 Å². The number of hydrogen-bond donors (Lipinski definition) is 3. The molecule has 5 nitrogen and oxygen atoms in total. The van der Waals surface area contributed by atoms with Gasteiger partial charge < -0.3 is 10.4 Å². The lowest BCUT2D eigenvalue weighted by Gasteiger charge is -2.33. The third kappa shape index (κ3) is 4.17. The van der Waals surface area contributed by atoms with Crippen molar-refractivity contribution in [2.75, 3.05) is 13.2 Å². The highest BCUT2D eigenvalue weighted by atomic mass is 32.2. The van der Waals surface area contributed by atoms with Crippen LogP contribution in [0.2, 0.25) is 0 Å². The quantitative estimate of drug-likeness (QED) is 0.658. The number of rotatable bonds is 7. The van der Waals surface area contributed by atoms with Crippen LogP contribution in [0, 0.1) is 5.92 Å². The fourth-order valence-corrected chi connectivity index (χ4v) is 5.23. The molecule has 1 fully saturated rings. The van der Waals surface area contributed by atoms with Crippen LogP contribution in [0.5, 0.6) is 0 Å². The lowest BCUT2D eigenvalue weighted by molar-refractivity contribution is 0.183. The monoisotopic (exact) mass is 344 g/mol. The van der Waals surface area contributed by atoms with Crippen LogP contribution in [0.3, 0.4) is 0 Å². The van der Waals surface area contributed by atoms with Crippen LogP contribution < -0.4 is 10.5 Å². The van der Waals surface area contributed by atoms with Crippen LogP contribution in [0.1, 0.15) is 37.2 Å². The van der Waals surface area contributed by atoms with Gasteiger partial charge in [0.1, 0.15) is 4.21 Å². The maximum absolute atomic E-state index is 11.7. The molecule has 0 amide bonds. The summed E-state index contributed by atoms with van der Waals surface area (Å²) in [7, 11) is -3.72. The third-order valence-corrected chi connectivity index (χ3v) is 6.86. The molecule has 0 radical (unpaired) electrons. The van der Waals surface area contributed by atoms with E-state index < -0.39 is 10.0 Å².